The predicted molar refractivity (Wildman–Crippen MR) is 48.1 cm³/mol. The highest BCUT2D eigenvalue weighted by Gasteiger charge is 2.21. The molecule has 0 aromatic carbocycles. The summed E-state index contributed by atoms with van der Waals surface area (Å²) in [4.78, 5) is 0. The maximum Gasteiger partial charge on any atom is 0.0745 e. The largest absolute Gasteiger partial charge is 0.391 e. The van der Waals surface area contributed by atoms with Crippen LogP contribution in [0.2, 0.25) is 0 Å². The van der Waals surface area contributed by atoms with Crippen molar-refractivity contribution in [1.29, 1.82) is 0 Å². The lowest BCUT2D eigenvalue weighted by Gasteiger charge is -2.30. The Bertz CT molecular complexity index is 128. The molecule has 0 amide bonds. The van der Waals surface area contributed by atoms with E-state index in [1.165, 1.54) is 6.42 Å². The van der Waals surface area contributed by atoms with Gasteiger partial charge in [0.05, 0.1) is 18.8 Å². The van der Waals surface area contributed by atoms with Crippen LogP contribution in [0.3, 0.4) is 0 Å². The summed E-state index contributed by atoms with van der Waals surface area (Å²) in [5, 5.41) is 12.4. The second-order valence-electron chi connectivity index (χ2n) is 3.61. The number of aliphatic hydroxyl groups excluding tert-OH is 1. The Kier molecular flexibility index (Phi) is 3.98. The van der Waals surface area contributed by atoms with Crippen molar-refractivity contribution in [3.63, 3.8) is 0 Å². The van der Waals surface area contributed by atoms with E-state index < -0.39 is 0 Å². The molecule has 0 aromatic rings. The lowest BCUT2D eigenvalue weighted by atomic mass is 10.0. The van der Waals surface area contributed by atoms with Gasteiger partial charge in [0.15, 0.2) is 0 Å². The normalized spacial score (nSPS) is 33.2. The van der Waals surface area contributed by atoms with Crippen LogP contribution in [-0.2, 0) is 4.74 Å². The number of hydrogen-bond acceptors (Lipinski definition) is 3. The smallest absolute Gasteiger partial charge is 0.0745 e. The van der Waals surface area contributed by atoms with Crippen LogP contribution < -0.4 is 5.32 Å². The zero-order chi connectivity index (χ0) is 8.97. The van der Waals surface area contributed by atoms with E-state index in [0.717, 1.165) is 13.0 Å². The molecule has 1 aliphatic rings. The van der Waals surface area contributed by atoms with Gasteiger partial charge in [0.2, 0.25) is 0 Å². The van der Waals surface area contributed by atoms with Gasteiger partial charge in [-0.3, -0.25) is 0 Å². The summed E-state index contributed by atoms with van der Waals surface area (Å²) < 4.78 is 5.54. The van der Waals surface area contributed by atoms with E-state index in [-0.39, 0.29) is 12.2 Å². The molecule has 3 unspecified atom stereocenters. The Morgan fingerprint density at radius 3 is 3.00 bits per heavy atom. The van der Waals surface area contributed by atoms with Gasteiger partial charge in [0.1, 0.15) is 0 Å². The Morgan fingerprint density at radius 2 is 2.42 bits per heavy atom. The third-order valence-corrected chi connectivity index (χ3v) is 2.24. The summed E-state index contributed by atoms with van der Waals surface area (Å²) in [7, 11) is 0. The molecular formula is C9H19NO2. The van der Waals surface area contributed by atoms with Crippen molar-refractivity contribution in [2.24, 2.45) is 0 Å². The van der Waals surface area contributed by atoms with Gasteiger partial charge in [0, 0.05) is 6.04 Å². The van der Waals surface area contributed by atoms with Crippen LogP contribution in [0, 0.1) is 0 Å². The summed E-state index contributed by atoms with van der Waals surface area (Å²) in [6, 6.07) is 0.428. The summed E-state index contributed by atoms with van der Waals surface area (Å²) in [5.41, 5.74) is 0. The molecule has 3 heteroatoms. The number of nitrogens with one attached hydrogen (secondary N) is 1. The van der Waals surface area contributed by atoms with E-state index >= 15 is 0 Å². The maximum atomic E-state index is 9.02. The van der Waals surface area contributed by atoms with Gasteiger partial charge in [-0.2, -0.15) is 0 Å². The molecule has 1 saturated heterocycles. The Balaban J connectivity index is 2.20. The molecule has 0 spiro atoms. The van der Waals surface area contributed by atoms with E-state index in [0.29, 0.717) is 12.6 Å². The van der Waals surface area contributed by atoms with Crippen LogP contribution in [0.4, 0.5) is 0 Å². The fourth-order valence-electron chi connectivity index (χ4n) is 1.50. The molecule has 1 fully saturated rings. The molecule has 0 aliphatic carbocycles. The number of piperidine rings is 1. The van der Waals surface area contributed by atoms with Gasteiger partial charge in [-0.15, -0.1) is 0 Å². The zero-order valence-electron chi connectivity index (χ0n) is 7.92. The van der Waals surface area contributed by atoms with Crippen LogP contribution in [0.1, 0.15) is 26.7 Å². The highest BCUT2D eigenvalue weighted by atomic mass is 16.5. The van der Waals surface area contributed by atoms with E-state index in [2.05, 4.69) is 12.2 Å². The lowest BCUT2D eigenvalue weighted by Crippen LogP contribution is -2.44. The molecule has 12 heavy (non-hydrogen) atoms. The van der Waals surface area contributed by atoms with Gasteiger partial charge in [-0.25, -0.2) is 0 Å². The highest BCUT2D eigenvalue weighted by molar-refractivity contribution is 4.78. The van der Waals surface area contributed by atoms with Crippen molar-refractivity contribution < 1.29 is 9.84 Å². The van der Waals surface area contributed by atoms with Crippen LogP contribution in [0.25, 0.3) is 0 Å². The van der Waals surface area contributed by atoms with Crippen molar-refractivity contribution in [2.45, 2.75) is 44.9 Å². The van der Waals surface area contributed by atoms with Gasteiger partial charge >= 0.3 is 0 Å². The van der Waals surface area contributed by atoms with Crippen molar-refractivity contribution >= 4 is 0 Å². The van der Waals surface area contributed by atoms with Crippen molar-refractivity contribution in [3.05, 3.63) is 0 Å². The van der Waals surface area contributed by atoms with Crippen LogP contribution in [0.5, 0.6) is 0 Å². The topological polar surface area (TPSA) is 41.5 Å². The molecule has 1 heterocycles. The van der Waals surface area contributed by atoms with Crippen molar-refractivity contribution in [3.8, 4) is 0 Å². The highest BCUT2D eigenvalue weighted by Crippen LogP contribution is 2.12. The molecule has 0 radical (unpaired) electrons. The third-order valence-electron chi connectivity index (χ3n) is 2.24. The molecule has 0 bridgehead atoms. The van der Waals surface area contributed by atoms with Crippen molar-refractivity contribution in [1.82, 2.24) is 5.32 Å². The molecule has 1 rings (SSSR count). The monoisotopic (exact) mass is 173 g/mol. The average Bonchev–Trinajstić information content (AvgIpc) is 2.03. The maximum absolute atomic E-state index is 9.02. The van der Waals surface area contributed by atoms with E-state index in [1.54, 1.807) is 6.92 Å². The third kappa shape index (κ3) is 3.09. The summed E-state index contributed by atoms with van der Waals surface area (Å²) in [6.45, 7) is 5.43. The standard InChI is InChI=1S/C9H19NO2/c1-7(11)6-12-9-4-3-5-10-8(9)2/h7-11H,3-6H2,1-2H3. The number of hydrogen-bond donors (Lipinski definition) is 2. The number of rotatable bonds is 3. The summed E-state index contributed by atoms with van der Waals surface area (Å²) in [5.74, 6) is 0. The van der Waals surface area contributed by atoms with E-state index in [4.69, 9.17) is 9.84 Å². The summed E-state index contributed by atoms with van der Waals surface area (Å²) in [6.07, 6.45) is 2.22. The Morgan fingerprint density at radius 1 is 1.67 bits per heavy atom. The molecule has 2 N–H and O–H groups in total. The minimum absolute atomic E-state index is 0.286. The SMILES string of the molecule is CC(O)COC1CCCNC1C. The first-order valence-corrected chi connectivity index (χ1v) is 4.73. The molecule has 3 nitrogen and oxygen atoms in total. The Hall–Kier alpha value is -0.120. The van der Waals surface area contributed by atoms with Gasteiger partial charge in [-0.1, -0.05) is 0 Å². The fraction of sp³-hybridized carbons (Fsp3) is 1.00. The van der Waals surface area contributed by atoms with E-state index in [9.17, 15) is 0 Å². The molecule has 3 atom stereocenters. The van der Waals surface area contributed by atoms with Gasteiger partial charge in [0.25, 0.3) is 0 Å². The predicted octanol–water partition coefficient (Wildman–Crippen LogP) is 0.524. The summed E-state index contributed by atoms with van der Waals surface area (Å²) >= 11 is 0. The first-order valence-electron chi connectivity index (χ1n) is 4.73. The second kappa shape index (κ2) is 4.80. The van der Waals surface area contributed by atoms with E-state index in [1.807, 2.05) is 0 Å². The number of ether oxygens (including phenoxy) is 1. The molecule has 0 saturated carbocycles. The molecule has 0 aromatic heterocycles. The number of aliphatic hydroxyl groups is 1. The minimum Gasteiger partial charge on any atom is -0.391 e. The molecule has 1 aliphatic heterocycles. The first kappa shape index (κ1) is 9.96. The van der Waals surface area contributed by atoms with Gasteiger partial charge < -0.3 is 15.2 Å². The van der Waals surface area contributed by atoms with Crippen LogP contribution >= 0.6 is 0 Å². The molecular weight excluding hydrogens is 154 g/mol. The molecule has 72 valence electrons. The zero-order valence-corrected chi connectivity index (χ0v) is 7.92. The fourth-order valence-corrected chi connectivity index (χ4v) is 1.50. The van der Waals surface area contributed by atoms with Crippen LogP contribution in [-0.4, -0.2) is 36.5 Å². The lowest BCUT2D eigenvalue weighted by molar-refractivity contribution is -0.0283. The quantitative estimate of drug-likeness (QED) is 0.654. The average molecular weight is 173 g/mol. The van der Waals surface area contributed by atoms with Crippen LogP contribution in [0.15, 0.2) is 0 Å². The van der Waals surface area contributed by atoms with Crippen molar-refractivity contribution in [2.75, 3.05) is 13.2 Å². The minimum atomic E-state index is -0.348. The Labute approximate surface area is 74.1 Å². The first-order chi connectivity index (χ1) is 5.70. The van der Waals surface area contributed by atoms with Gasteiger partial charge in [-0.05, 0) is 33.2 Å². The second-order valence-corrected chi connectivity index (χ2v) is 3.61.